The number of aliphatic hydroxyl groups excluding tert-OH is 1. The van der Waals surface area contributed by atoms with Gasteiger partial charge in [0.2, 0.25) is 0 Å². The fraction of sp³-hybridized carbons (Fsp3) is 0.933. The van der Waals surface area contributed by atoms with Gasteiger partial charge in [0.05, 0.1) is 24.8 Å². The Morgan fingerprint density at radius 1 is 1.25 bits per heavy atom. The quantitative estimate of drug-likeness (QED) is 0.642. The molecule has 0 amide bonds. The molecule has 1 saturated heterocycles. The van der Waals surface area contributed by atoms with E-state index in [0.717, 1.165) is 52.0 Å². The predicted octanol–water partition coefficient (Wildman–Crippen LogP) is 1.08. The lowest BCUT2D eigenvalue weighted by atomic mass is 10.2. The molecular weight excluding hydrogens is 254 g/mol. The average Bonchev–Trinajstić information content (AvgIpc) is 2.47. The van der Waals surface area contributed by atoms with Gasteiger partial charge in [-0.2, -0.15) is 5.26 Å². The van der Waals surface area contributed by atoms with Gasteiger partial charge in [-0.25, -0.2) is 0 Å². The zero-order valence-corrected chi connectivity index (χ0v) is 12.9. The Kier molecular flexibility index (Phi) is 8.79. The first-order chi connectivity index (χ1) is 9.71. The molecule has 1 rings (SSSR count). The standard InChI is InChI=1S/C15H29N3O2/c1-3-5-10-20-13-15(19)12-17-6-8-18(9-7-17)14(4-2)11-16/h14-15,19H,3-10,12-13H2,1-2H3. The van der Waals surface area contributed by atoms with Gasteiger partial charge in [-0.15, -0.1) is 0 Å². The summed E-state index contributed by atoms with van der Waals surface area (Å²) in [6, 6.07) is 2.40. The molecule has 0 spiro atoms. The lowest BCUT2D eigenvalue weighted by Crippen LogP contribution is -2.51. The van der Waals surface area contributed by atoms with Gasteiger partial charge in [0.1, 0.15) is 0 Å². The van der Waals surface area contributed by atoms with E-state index < -0.39 is 6.10 Å². The van der Waals surface area contributed by atoms with Gasteiger partial charge in [0, 0.05) is 39.3 Å². The van der Waals surface area contributed by atoms with Gasteiger partial charge in [-0.1, -0.05) is 20.3 Å². The van der Waals surface area contributed by atoms with E-state index in [1.807, 2.05) is 0 Å². The highest BCUT2D eigenvalue weighted by Crippen LogP contribution is 2.09. The van der Waals surface area contributed by atoms with Crippen molar-refractivity contribution in [2.24, 2.45) is 0 Å². The molecule has 0 aromatic carbocycles. The van der Waals surface area contributed by atoms with Crippen LogP contribution in [0.4, 0.5) is 0 Å². The number of nitrogens with zero attached hydrogens (tertiary/aromatic N) is 3. The van der Waals surface area contributed by atoms with Crippen LogP contribution < -0.4 is 0 Å². The third kappa shape index (κ3) is 6.19. The van der Waals surface area contributed by atoms with Crippen molar-refractivity contribution in [1.29, 1.82) is 5.26 Å². The molecule has 1 aliphatic rings. The maximum atomic E-state index is 9.94. The van der Waals surface area contributed by atoms with Crippen LogP contribution >= 0.6 is 0 Å². The zero-order chi connectivity index (χ0) is 14.8. The summed E-state index contributed by atoms with van der Waals surface area (Å²) >= 11 is 0. The summed E-state index contributed by atoms with van der Waals surface area (Å²) in [7, 11) is 0. The van der Waals surface area contributed by atoms with Crippen molar-refractivity contribution in [1.82, 2.24) is 9.80 Å². The summed E-state index contributed by atoms with van der Waals surface area (Å²) in [5, 5.41) is 19.0. The van der Waals surface area contributed by atoms with Crippen molar-refractivity contribution < 1.29 is 9.84 Å². The lowest BCUT2D eigenvalue weighted by molar-refractivity contribution is 0.00458. The van der Waals surface area contributed by atoms with Gasteiger partial charge in [-0.3, -0.25) is 9.80 Å². The number of β-amino-alcohol motifs (C(OH)–C–C–N with tert-alkyl or cyclic N) is 1. The molecule has 1 N–H and O–H groups in total. The minimum atomic E-state index is -0.406. The van der Waals surface area contributed by atoms with Crippen LogP contribution in [0.15, 0.2) is 0 Å². The molecule has 2 atom stereocenters. The molecule has 1 heterocycles. The Hall–Kier alpha value is -0.670. The van der Waals surface area contributed by atoms with E-state index in [2.05, 4.69) is 29.7 Å². The minimum absolute atomic E-state index is 0.0412. The smallest absolute Gasteiger partial charge is 0.0976 e. The molecule has 0 saturated carbocycles. The predicted molar refractivity (Wildman–Crippen MR) is 79.4 cm³/mol. The van der Waals surface area contributed by atoms with E-state index in [4.69, 9.17) is 10.00 Å². The van der Waals surface area contributed by atoms with Crippen molar-refractivity contribution in [2.75, 3.05) is 45.9 Å². The molecular formula is C15H29N3O2. The molecule has 0 aliphatic carbocycles. The van der Waals surface area contributed by atoms with Crippen LogP contribution in [-0.2, 0) is 4.74 Å². The zero-order valence-electron chi connectivity index (χ0n) is 12.9. The van der Waals surface area contributed by atoms with Gasteiger partial charge in [0.25, 0.3) is 0 Å². The SMILES string of the molecule is CCCCOCC(O)CN1CCN(C(C#N)CC)CC1. The summed E-state index contributed by atoms with van der Waals surface area (Å²) < 4.78 is 5.44. The highest BCUT2D eigenvalue weighted by Gasteiger charge is 2.23. The van der Waals surface area contributed by atoms with E-state index >= 15 is 0 Å². The first-order valence-corrected chi connectivity index (χ1v) is 7.83. The lowest BCUT2D eigenvalue weighted by Gasteiger charge is -2.37. The second kappa shape index (κ2) is 10.1. The van der Waals surface area contributed by atoms with Crippen molar-refractivity contribution in [3.05, 3.63) is 0 Å². The van der Waals surface area contributed by atoms with E-state index in [9.17, 15) is 5.11 Å². The largest absolute Gasteiger partial charge is 0.389 e. The topological polar surface area (TPSA) is 59.7 Å². The van der Waals surface area contributed by atoms with Gasteiger partial charge < -0.3 is 9.84 Å². The molecule has 5 nitrogen and oxygen atoms in total. The van der Waals surface area contributed by atoms with Crippen LogP contribution in [0.1, 0.15) is 33.1 Å². The van der Waals surface area contributed by atoms with Crippen molar-refractivity contribution in [3.63, 3.8) is 0 Å². The molecule has 5 heteroatoms. The highest BCUT2D eigenvalue weighted by molar-refractivity contribution is 4.92. The number of piperazine rings is 1. The fourth-order valence-corrected chi connectivity index (χ4v) is 2.51. The molecule has 2 unspecified atom stereocenters. The van der Waals surface area contributed by atoms with Gasteiger partial charge in [-0.05, 0) is 12.8 Å². The summed E-state index contributed by atoms with van der Waals surface area (Å²) in [6.45, 7) is 9.68. The molecule has 0 aromatic heterocycles. The van der Waals surface area contributed by atoms with Crippen LogP contribution in [0.3, 0.4) is 0 Å². The molecule has 0 bridgehead atoms. The number of unbranched alkanes of at least 4 members (excludes halogenated alkanes) is 1. The molecule has 20 heavy (non-hydrogen) atoms. The number of nitriles is 1. The minimum Gasteiger partial charge on any atom is -0.389 e. The molecule has 1 aliphatic heterocycles. The number of hydrogen-bond acceptors (Lipinski definition) is 5. The normalized spacial score (nSPS) is 20.5. The Bertz CT molecular complexity index is 285. The Morgan fingerprint density at radius 2 is 1.95 bits per heavy atom. The number of rotatable bonds is 9. The second-order valence-corrected chi connectivity index (χ2v) is 5.47. The third-order valence-electron chi connectivity index (χ3n) is 3.80. The van der Waals surface area contributed by atoms with E-state index in [0.29, 0.717) is 13.2 Å². The molecule has 116 valence electrons. The Morgan fingerprint density at radius 3 is 2.50 bits per heavy atom. The monoisotopic (exact) mass is 283 g/mol. The number of aliphatic hydroxyl groups is 1. The van der Waals surface area contributed by atoms with Crippen LogP contribution in [0, 0.1) is 11.3 Å². The van der Waals surface area contributed by atoms with Crippen LogP contribution in [0.5, 0.6) is 0 Å². The van der Waals surface area contributed by atoms with Crippen molar-refractivity contribution in [2.45, 2.75) is 45.3 Å². The average molecular weight is 283 g/mol. The van der Waals surface area contributed by atoms with E-state index in [1.165, 1.54) is 0 Å². The summed E-state index contributed by atoms with van der Waals surface area (Å²) in [5.74, 6) is 0. The summed E-state index contributed by atoms with van der Waals surface area (Å²) in [4.78, 5) is 4.50. The van der Waals surface area contributed by atoms with Crippen molar-refractivity contribution >= 4 is 0 Å². The van der Waals surface area contributed by atoms with Gasteiger partial charge in [0.15, 0.2) is 0 Å². The van der Waals surface area contributed by atoms with E-state index in [1.54, 1.807) is 0 Å². The van der Waals surface area contributed by atoms with Crippen LogP contribution in [-0.4, -0.2) is 73.0 Å². The van der Waals surface area contributed by atoms with Crippen LogP contribution in [0.2, 0.25) is 0 Å². The number of ether oxygens (including phenoxy) is 1. The maximum Gasteiger partial charge on any atom is 0.0976 e. The first kappa shape index (κ1) is 17.4. The fourth-order valence-electron chi connectivity index (χ4n) is 2.51. The third-order valence-corrected chi connectivity index (χ3v) is 3.80. The van der Waals surface area contributed by atoms with Gasteiger partial charge >= 0.3 is 0 Å². The summed E-state index contributed by atoms with van der Waals surface area (Å²) in [6.07, 6.45) is 2.65. The molecule has 1 fully saturated rings. The van der Waals surface area contributed by atoms with E-state index in [-0.39, 0.29) is 6.04 Å². The second-order valence-electron chi connectivity index (χ2n) is 5.47. The Balaban J connectivity index is 2.17. The number of hydrogen-bond donors (Lipinski definition) is 1. The molecule has 0 aromatic rings. The maximum absolute atomic E-state index is 9.94. The van der Waals surface area contributed by atoms with Crippen molar-refractivity contribution in [3.8, 4) is 6.07 Å². The van der Waals surface area contributed by atoms with Crippen LogP contribution in [0.25, 0.3) is 0 Å². The first-order valence-electron chi connectivity index (χ1n) is 7.83. The molecule has 0 radical (unpaired) electrons. The highest BCUT2D eigenvalue weighted by atomic mass is 16.5. The Labute approximate surface area is 123 Å². The summed E-state index contributed by atoms with van der Waals surface area (Å²) in [5.41, 5.74) is 0.